The third kappa shape index (κ3) is 5.61. The Labute approximate surface area is 121 Å². The number of methoxy groups -OCH3 is 1. The molecule has 0 heterocycles. The molecule has 2 atom stereocenters. The summed E-state index contributed by atoms with van der Waals surface area (Å²) in [7, 11) is -0.632. The van der Waals surface area contributed by atoms with Crippen molar-refractivity contribution < 1.29 is 9.16 Å². The Morgan fingerprint density at radius 1 is 1.45 bits per heavy atom. The molecule has 0 aliphatic heterocycles. The molecule has 0 saturated carbocycles. The minimum Gasteiger partial charge on any atom is -0.487 e. The Hall–Kier alpha value is -1.55. The van der Waals surface area contributed by atoms with Crippen LogP contribution in [0.5, 0.6) is 0 Å². The van der Waals surface area contributed by atoms with Crippen LogP contribution >= 0.6 is 0 Å². The molecule has 0 amide bonds. The number of nitriles is 1. The van der Waals surface area contributed by atoms with Crippen LogP contribution in [0.3, 0.4) is 0 Å². The van der Waals surface area contributed by atoms with Gasteiger partial charge in [-0.25, -0.2) is 4.99 Å². The van der Waals surface area contributed by atoms with E-state index in [1.165, 1.54) is 13.5 Å². The van der Waals surface area contributed by atoms with E-state index in [4.69, 9.17) is 14.7 Å². The maximum absolute atomic E-state index is 9.20. The first-order chi connectivity index (χ1) is 9.19. The predicted molar refractivity (Wildman–Crippen MR) is 81.0 cm³/mol. The standard InChI is InChI=1S/C12H23N5O2Si/c1-12(2,3)20(5,6)19-11(8-16-17-14)10(7-13)15-9-18-4/h9-11H,8H2,1-6H3/t10-,11-/m1/s1. The van der Waals surface area contributed by atoms with Crippen molar-refractivity contribution in [1.82, 2.24) is 0 Å². The SMILES string of the molecule is COC=N[C@H](C#N)[C@@H](CN=[N+]=[N-])O[Si](C)(C)C(C)(C)C. The molecule has 0 rings (SSSR count). The molecular weight excluding hydrogens is 274 g/mol. The topological polar surface area (TPSA) is 103 Å². The van der Waals surface area contributed by atoms with Gasteiger partial charge in [-0.05, 0) is 23.7 Å². The highest BCUT2D eigenvalue weighted by molar-refractivity contribution is 6.74. The molecule has 0 spiro atoms. The number of hydrogen-bond acceptors (Lipinski definition) is 5. The lowest BCUT2D eigenvalue weighted by Gasteiger charge is -2.39. The zero-order valence-electron chi connectivity index (χ0n) is 13.0. The molecule has 7 nitrogen and oxygen atoms in total. The molecule has 0 radical (unpaired) electrons. The van der Waals surface area contributed by atoms with Gasteiger partial charge in [0.15, 0.2) is 20.8 Å². The smallest absolute Gasteiger partial charge is 0.192 e. The van der Waals surface area contributed by atoms with Crippen LogP contribution in [0.2, 0.25) is 18.1 Å². The fourth-order valence-corrected chi connectivity index (χ4v) is 2.53. The van der Waals surface area contributed by atoms with E-state index in [1.807, 2.05) is 0 Å². The van der Waals surface area contributed by atoms with Crippen molar-refractivity contribution in [2.45, 2.75) is 51.0 Å². The van der Waals surface area contributed by atoms with Gasteiger partial charge < -0.3 is 9.16 Å². The van der Waals surface area contributed by atoms with Crippen LogP contribution in [-0.4, -0.2) is 40.5 Å². The van der Waals surface area contributed by atoms with E-state index in [0.29, 0.717) is 0 Å². The Morgan fingerprint density at radius 2 is 2.05 bits per heavy atom. The van der Waals surface area contributed by atoms with Crippen molar-refractivity contribution in [2.75, 3.05) is 13.7 Å². The van der Waals surface area contributed by atoms with Gasteiger partial charge in [0.2, 0.25) is 0 Å². The highest BCUT2D eigenvalue weighted by Gasteiger charge is 2.40. The zero-order chi connectivity index (χ0) is 15.8. The van der Waals surface area contributed by atoms with E-state index in [0.717, 1.165) is 0 Å². The van der Waals surface area contributed by atoms with Crippen LogP contribution in [0.4, 0.5) is 0 Å². The van der Waals surface area contributed by atoms with Crippen molar-refractivity contribution in [3.05, 3.63) is 10.4 Å². The van der Waals surface area contributed by atoms with Gasteiger partial charge in [-0.3, -0.25) is 0 Å². The van der Waals surface area contributed by atoms with E-state index >= 15 is 0 Å². The summed E-state index contributed by atoms with van der Waals surface area (Å²) < 4.78 is 10.9. The minimum absolute atomic E-state index is 0.00736. The van der Waals surface area contributed by atoms with Gasteiger partial charge in [0, 0.05) is 4.91 Å². The predicted octanol–water partition coefficient (Wildman–Crippen LogP) is 3.25. The summed E-state index contributed by atoms with van der Waals surface area (Å²) in [6.45, 7) is 10.5. The monoisotopic (exact) mass is 297 g/mol. The lowest BCUT2D eigenvalue weighted by atomic mass is 10.2. The molecule has 0 aliphatic carbocycles. The maximum atomic E-state index is 9.20. The molecule has 0 saturated heterocycles. The summed E-state index contributed by atoms with van der Waals surface area (Å²) in [5.41, 5.74) is 8.47. The Kier molecular flexibility index (Phi) is 7.28. The van der Waals surface area contributed by atoms with Crippen LogP contribution in [0.25, 0.3) is 10.4 Å². The van der Waals surface area contributed by atoms with Crippen molar-refractivity contribution in [3.63, 3.8) is 0 Å². The number of rotatable bonds is 7. The van der Waals surface area contributed by atoms with E-state index in [2.05, 4.69) is 55.0 Å². The van der Waals surface area contributed by atoms with E-state index in [1.54, 1.807) is 0 Å². The largest absolute Gasteiger partial charge is 0.487 e. The molecule has 0 fully saturated rings. The highest BCUT2D eigenvalue weighted by atomic mass is 28.4. The highest BCUT2D eigenvalue weighted by Crippen LogP contribution is 2.37. The normalized spacial score (nSPS) is 15.2. The summed E-state index contributed by atoms with van der Waals surface area (Å²) >= 11 is 0. The third-order valence-corrected chi connectivity index (χ3v) is 7.89. The van der Waals surface area contributed by atoms with Crippen LogP contribution < -0.4 is 0 Å². The molecule has 0 unspecified atom stereocenters. The number of hydrogen-bond donors (Lipinski definition) is 0. The van der Waals surface area contributed by atoms with Gasteiger partial charge in [0.25, 0.3) is 0 Å². The molecule has 0 bridgehead atoms. The van der Waals surface area contributed by atoms with Crippen molar-refractivity contribution in [1.29, 1.82) is 5.26 Å². The Bertz CT molecular complexity index is 419. The van der Waals surface area contributed by atoms with E-state index in [9.17, 15) is 5.26 Å². The molecule has 0 aliphatic rings. The average molecular weight is 297 g/mol. The summed E-state index contributed by atoms with van der Waals surface area (Å²) in [6.07, 6.45) is 0.634. The van der Waals surface area contributed by atoms with Crippen LogP contribution in [0, 0.1) is 11.3 Å². The van der Waals surface area contributed by atoms with Gasteiger partial charge in [0.1, 0.15) is 0 Å². The minimum atomic E-state index is -2.09. The van der Waals surface area contributed by atoms with Crippen molar-refractivity contribution in [3.8, 4) is 6.07 Å². The second-order valence-corrected chi connectivity index (χ2v) is 10.7. The summed E-state index contributed by atoms with van der Waals surface area (Å²) in [6, 6.07) is 1.30. The van der Waals surface area contributed by atoms with Crippen LogP contribution in [-0.2, 0) is 9.16 Å². The van der Waals surface area contributed by atoms with E-state index < -0.39 is 20.5 Å². The van der Waals surface area contributed by atoms with Gasteiger partial charge in [-0.1, -0.05) is 25.9 Å². The Balaban J connectivity index is 5.20. The first kappa shape index (κ1) is 18.4. The number of ether oxygens (including phenoxy) is 1. The molecule has 0 aromatic rings. The first-order valence-corrected chi connectivity index (χ1v) is 9.23. The maximum Gasteiger partial charge on any atom is 0.192 e. The van der Waals surface area contributed by atoms with Gasteiger partial charge in [-0.15, -0.1) is 0 Å². The molecule has 8 heteroatoms. The Morgan fingerprint density at radius 3 is 2.45 bits per heavy atom. The number of aliphatic imine (C=N–C) groups is 1. The summed E-state index contributed by atoms with van der Waals surface area (Å²) in [5, 5.41) is 12.7. The molecule has 20 heavy (non-hydrogen) atoms. The van der Waals surface area contributed by atoms with Gasteiger partial charge in [-0.2, -0.15) is 5.26 Å². The third-order valence-electron chi connectivity index (χ3n) is 3.39. The van der Waals surface area contributed by atoms with E-state index in [-0.39, 0.29) is 11.6 Å². The molecule has 0 aromatic heterocycles. The molecular formula is C12H23N5O2Si. The average Bonchev–Trinajstić information content (AvgIpc) is 2.34. The number of nitrogens with zero attached hydrogens (tertiary/aromatic N) is 5. The van der Waals surface area contributed by atoms with Gasteiger partial charge >= 0.3 is 0 Å². The lowest BCUT2D eigenvalue weighted by molar-refractivity contribution is 0.176. The zero-order valence-corrected chi connectivity index (χ0v) is 14.0. The lowest BCUT2D eigenvalue weighted by Crippen LogP contribution is -2.47. The second kappa shape index (κ2) is 7.90. The number of azide groups is 1. The molecule has 112 valence electrons. The van der Waals surface area contributed by atoms with Crippen LogP contribution in [0.15, 0.2) is 10.1 Å². The van der Waals surface area contributed by atoms with Gasteiger partial charge in [0.05, 0.1) is 25.8 Å². The molecule has 0 aromatic carbocycles. The first-order valence-electron chi connectivity index (χ1n) is 6.32. The van der Waals surface area contributed by atoms with Crippen molar-refractivity contribution >= 4 is 14.7 Å². The molecule has 0 N–H and O–H groups in total. The summed E-state index contributed by atoms with van der Waals surface area (Å²) in [5.74, 6) is 0. The van der Waals surface area contributed by atoms with Crippen molar-refractivity contribution in [2.24, 2.45) is 10.1 Å². The quantitative estimate of drug-likeness (QED) is 0.180. The fourth-order valence-electron chi connectivity index (χ4n) is 1.21. The fraction of sp³-hybridized carbons (Fsp3) is 0.833. The summed E-state index contributed by atoms with van der Waals surface area (Å²) in [4.78, 5) is 6.72. The second-order valence-electron chi connectivity index (χ2n) is 5.89. The van der Waals surface area contributed by atoms with Crippen LogP contribution in [0.1, 0.15) is 20.8 Å².